The Hall–Kier alpha value is -10.3. The van der Waals surface area contributed by atoms with Gasteiger partial charge in [0.2, 0.25) is 77.6 Å². The highest BCUT2D eigenvalue weighted by Crippen LogP contribution is 2.71. The Balaban J connectivity index is 1.41. The minimum atomic E-state index is -2.18. The second-order valence-corrected chi connectivity index (χ2v) is 40.6. The minimum absolute atomic E-state index is 0.0135. The second-order valence-electron chi connectivity index (χ2n) is 40.6. The summed E-state index contributed by atoms with van der Waals surface area (Å²) in [6.45, 7) is 31.3. The predicted octanol–water partition coefficient (Wildman–Crippen LogP) is 6.37. The van der Waals surface area contributed by atoms with E-state index in [1.807, 2.05) is 55.4 Å². The number of hydrogen-bond donors (Lipinski definition) is 7. The fourth-order valence-corrected chi connectivity index (χ4v) is 19.2. The molecule has 10 unspecified atom stereocenters. The number of esters is 4. The lowest BCUT2D eigenvalue weighted by Crippen LogP contribution is -2.69. The number of fused-ring (bicyclic) bond motifs is 5. The molecule has 4 rings (SSSR count). The fourth-order valence-electron chi connectivity index (χ4n) is 19.2. The summed E-state index contributed by atoms with van der Waals surface area (Å²) in [5.41, 5.74) is -6.22. The van der Waals surface area contributed by atoms with Crippen LogP contribution in [-0.2, 0) is 119 Å². The number of halogens is 1. The molecule has 0 aromatic rings. The van der Waals surface area contributed by atoms with Gasteiger partial charge in [-0.15, -0.1) is 0 Å². The number of amides is 11. The van der Waals surface area contributed by atoms with Crippen LogP contribution in [0.2, 0.25) is 0 Å². The molecule has 0 radical (unpaired) electrons. The molecule has 11 amide bonds. The number of carbonyl (C=O) groups excluding carboxylic acids is 18. The number of ketones is 2. The van der Waals surface area contributed by atoms with Crippen LogP contribution in [0, 0.1) is 70.0 Å². The number of rotatable bonds is 57. The highest BCUT2D eigenvalue weighted by molar-refractivity contribution is 6.02. The summed E-state index contributed by atoms with van der Waals surface area (Å²) in [6.07, 6.45) is 2.68. The van der Waals surface area contributed by atoms with E-state index >= 15 is 14.0 Å². The van der Waals surface area contributed by atoms with Crippen LogP contribution in [0.3, 0.4) is 0 Å². The van der Waals surface area contributed by atoms with E-state index in [9.17, 15) is 86.9 Å². The maximum atomic E-state index is 17.6. The number of nitrogens with one attached hydrogen (secondary N) is 5. The third kappa shape index (κ3) is 32.6. The molecule has 3 saturated carbocycles. The molecule has 4 aliphatic carbocycles. The first-order valence-electron chi connectivity index (χ1n) is 49.1. The molecule has 0 saturated heterocycles. The molecule has 4 aliphatic rings. The lowest BCUT2D eigenvalue weighted by atomic mass is 9.44. The van der Waals surface area contributed by atoms with Gasteiger partial charge in [0.15, 0.2) is 18.1 Å². The third-order valence-electron chi connectivity index (χ3n) is 27.6. The van der Waals surface area contributed by atoms with E-state index in [4.69, 9.17) is 37.9 Å². The predicted molar refractivity (Wildman–Crippen MR) is 513 cm³/mol. The SMILES string of the molecule is C/C=C/C[C@@H](C)[C@@H](OC(=O)OCOC(=O)CCC(=O)OCCOCCOCCOC(=O)CCC(=O)OCC(=O)[C@@]1(O)[C@@H](C)CC2C3CCC4=CC(=O)C=C[C@]4(C)[C@@]3(F)[C@@H](O)C[C@@]21C)C(C(=O)NC(CC)C(=O)N(C)CC(=O)N(C)[C@@H](CC(C)C)C(=O)NC(C(=O)N(C)C(CC(C)C)C(=O)NC(C)C(=O)NC(C)C(=O)NC)C(C)C)N(C)C(=O)C(C(C)C)N(C)C(=O)C(CC(C)C)N(C)C(=O)CCC(C)C. The van der Waals surface area contributed by atoms with Gasteiger partial charge in [0.25, 0.3) is 0 Å². The molecule has 0 aromatic carbocycles. The van der Waals surface area contributed by atoms with Crippen molar-refractivity contribution >= 4 is 107 Å². The summed E-state index contributed by atoms with van der Waals surface area (Å²) in [7, 11) is 9.65. The van der Waals surface area contributed by atoms with E-state index < -0.39 is 265 Å². The summed E-state index contributed by atoms with van der Waals surface area (Å²) in [6, 6.07) is -11.5. The van der Waals surface area contributed by atoms with Crippen molar-refractivity contribution in [3.8, 4) is 0 Å². The Morgan fingerprint density at radius 2 is 1.05 bits per heavy atom. The van der Waals surface area contributed by atoms with E-state index in [1.165, 1.54) is 96.1 Å². The van der Waals surface area contributed by atoms with Gasteiger partial charge in [-0.25, -0.2) is 9.18 Å². The Labute approximate surface area is 825 Å². The molecule has 3 fully saturated rings. The number of alkyl halides is 1. The summed E-state index contributed by atoms with van der Waals surface area (Å²) in [4.78, 5) is 256. The van der Waals surface area contributed by atoms with Crippen LogP contribution >= 0.6 is 0 Å². The standard InChI is InChI=1S/C100H162FN11O28/c1-28-30-31-63(15)86(140-96(131)139-56-138-82(121)39-37-80(119)136-47-45-134-43-42-133-44-46-135-79(118)36-38-81(120)137-55-76(115)100(132)64(16)51-70-69-34-33-67-52-68(113)40-41-97(67,19)99(69,101)75(114)53-98(70,100)20)85(112(27)95(130)84(62(13)14)111(26)93(128)74(50-60(9)10)109(24)77(116)35-32-57(3)4)91(126)105-71(29-2)92(127)107(22)54-78(117)108(23)72(48-58(5)6)90(125)106-83(61(11)12)94(129)110(25)73(49-59(7)8)89(124)104-66(18)88(123)103-65(17)87(122)102-21/h28,30,40-41,52,57-66,69-75,83-86,114,132H,29,31-39,42-51,53-56H2,1-27H3,(H,102,122)(H,103,123)(H,104,124)(H,105,126)(H,106,125)/b30-28+/t63-,64+,65?,66?,69?,70?,71?,72+,73?,74?,75+,83?,84?,85?,86-,97+,98+,99+,100+/m1/s1. The largest absolute Gasteiger partial charge is 0.511 e. The molecule has 40 heteroatoms. The first kappa shape index (κ1) is 122. The average Bonchev–Trinajstić information content (AvgIpc) is 1.41. The average molecular weight is 1990 g/mol. The van der Waals surface area contributed by atoms with Gasteiger partial charge in [-0.05, 0) is 157 Å². The van der Waals surface area contributed by atoms with Crippen LogP contribution in [0.1, 0.15) is 235 Å². The lowest BCUT2D eigenvalue weighted by molar-refractivity contribution is -0.220. The molecule has 0 spiro atoms. The van der Waals surface area contributed by atoms with Crippen molar-refractivity contribution in [1.82, 2.24) is 56.0 Å². The van der Waals surface area contributed by atoms with Crippen molar-refractivity contribution in [2.75, 3.05) is 109 Å². The zero-order chi connectivity index (χ0) is 106. The van der Waals surface area contributed by atoms with Crippen LogP contribution in [0.15, 0.2) is 36.0 Å². The number of allylic oxidation sites excluding steroid dienone is 6. The van der Waals surface area contributed by atoms with Gasteiger partial charge in [0, 0.05) is 72.5 Å². The van der Waals surface area contributed by atoms with Crippen molar-refractivity contribution in [1.29, 1.82) is 0 Å². The highest BCUT2D eigenvalue weighted by atomic mass is 19.1. The second kappa shape index (κ2) is 55.9. The fraction of sp³-hybridized carbons (Fsp3) is 0.760. The van der Waals surface area contributed by atoms with Crippen molar-refractivity contribution < 1.29 is 139 Å². The smallest absolute Gasteiger partial charge is 0.463 e. The first-order chi connectivity index (χ1) is 65.3. The van der Waals surface area contributed by atoms with Crippen molar-refractivity contribution in [2.45, 2.75) is 313 Å². The van der Waals surface area contributed by atoms with Crippen LogP contribution in [0.5, 0.6) is 0 Å². The zero-order valence-corrected chi connectivity index (χ0v) is 87.6. The number of nitrogens with zero attached hydrogens (tertiary/aromatic N) is 6. The number of ether oxygens (including phenoxy) is 8. The molecule has 19 atom stereocenters. The maximum absolute atomic E-state index is 17.6. The van der Waals surface area contributed by atoms with Crippen LogP contribution in [-0.4, -0.2) is 333 Å². The number of Topliss-reactive ketones (excluding diaryl/α,β-unsaturated/α-hetero) is 1. The number of likely N-dealkylation sites (N-methyl/N-ethyl adjacent to an activating group) is 7. The Morgan fingerprint density at radius 1 is 0.550 bits per heavy atom. The van der Waals surface area contributed by atoms with Gasteiger partial charge >= 0.3 is 30.0 Å². The molecule has 7 N–H and O–H groups in total. The van der Waals surface area contributed by atoms with Gasteiger partial charge in [-0.2, -0.15) is 0 Å². The van der Waals surface area contributed by atoms with E-state index in [-0.39, 0.29) is 126 Å². The topological polar surface area (TPSA) is 501 Å². The molecular formula is C100H162FN11O28. The quantitative estimate of drug-likeness (QED) is 0.0114. The van der Waals surface area contributed by atoms with Crippen molar-refractivity contribution in [2.24, 2.45) is 70.0 Å². The normalized spacial score (nSPS) is 22.1. The Kier molecular flexibility index (Phi) is 48.7. The van der Waals surface area contributed by atoms with E-state index in [2.05, 4.69) is 26.6 Å². The maximum Gasteiger partial charge on any atom is 0.511 e. The van der Waals surface area contributed by atoms with Gasteiger partial charge < -0.3 is 104 Å². The lowest BCUT2D eigenvalue weighted by Gasteiger charge is -2.62. The van der Waals surface area contributed by atoms with Crippen LogP contribution < -0.4 is 26.6 Å². The molecule has 792 valence electrons. The number of carbonyl (C=O) groups is 18. The van der Waals surface area contributed by atoms with Crippen LogP contribution in [0.4, 0.5) is 9.18 Å². The molecule has 39 nitrogen and oxygen atoms in total. The molecule has 0 bridgehead atoms. The zero-order valence-electron chi connectivity index (χ0n) is 87.6. The first-order valence-corrected chi connectivity index (χ1v) is 49.1. The monoisotopic (exact) mass is 1980 g/mol. The van der Waals surface area contributed by atoms with Gasteiger partial charge in [-0.3, -0.25) is 81.5 Å². The molecule has 0 heterocycles. The van der Waals surface area contributed by atoms with E-state index in [0.717, 1.165) is 14.7 Å². The molecular weight excluding hydrogens is 1820 g/mol. The Morgan fingerprint density at radius 3 is 1.57 bits per heavy atom. The summed E-state index contributed by atoms with van der Waals surface area (Å²) in [5.74, 6) is -16.6. The van der Waals surface area contributed by atoms with Crippen molar-refractivity contribution in [3.05, 3.63) is 36.0 Å². The van der Waals surface area contributed by atoms with E-state index in [0.29, 0.717) is 24.8 Å². The van der Waals surface area contributed by atoms with Crippen molar-refractivity contribution in [3.63, 3.8) is 0 Å². The van der Waals surface area contributed by atoms with Gasteiger partial charge in [-0.1, -0.05) is 135 Å². The van der Waals surface area contributed by atoms with Gasteiger partial charge in [0.1, 0.15) is 79.3 Å². The Bertz CT molecular complexity index is 4390. The number of hydrogen-bond acceptors (Lipinski definition) is 28. The molecule has 140 heavy (non-hydrogen) atoms. The number of aliphatic hydroxyl groups excluding tert-OH is 1. The third-order valence-corrected chi connectivity index (χ3v) is 27.6. The summed E-state index contributed by atoms with van der Waals surface area (Å²) < 4.78 is 60.5. The van der Waals surface area contributed by atoms with Gasteiger partial charge in [0.05, 0.1) is 64.8 Å². The van der Waals surface area contributed by atoms with Crippen LogP contribution in [0.25, 0.3) is 0 Å². The summed E-state index contributed by atoms with van der Waals surface area (Å²) >= 11 is 0. The minimum Gasteiger partial charge on any atom is -0.463 e. The highest BCUT2D eigenvalue weighted by Gasteiger charge is 2.76. The summed E-state index contributed by atoms with van der Waals surface area (Å²) in [5, 5.41) is 37.1. The molecule has 0 aromatic heterocycles. The van der Waals surface area contributed by atoms with E-state index in [1.54, 1.807) is 81.4 Å². The molecule has 0 aliphatic heterocycles. The number of aliphatic hydroxyl groups is 2.